The fourth-order valence-corrected chi connectivity index (χ4v) is 8.82. The molecule has 0 aliphatic carbocycles. The number of carbonyl (C=O) groups is 6. The number of phenols is 1. The average molecular weight is 944 g/mol. The summed E-state index contributed by atoms with van der Waals surface area (Å²) in [6.07, 6.45) is 3.37. The zero-order chi connectivity index (χ0) is 49.7. The lowest BCUT2D eigenvalue weighted by Gasteiger charge is -2.38. The van der Waals surface area contributed by atoms with E-state index in [0.717, 1.165) is 37.1 Å². The Morgan fingerprint density at radius 1 is 1.05 bits per heavy atom. The first kappa shape index (κ1) is 55.7. The molecule has 2 aromatic rings. The molecule has 1 aliphatic rings. The van der Waals surface area contributed by atoms with Crippen molar-refractivity contribution in [2.75, 3.05) is 39.1 Å². The highest BCUT2D eigenvalue weighted by Crippen LogP contribution is 2.32. The third kappa shape index (κ3) is 16.3. The Hall–Kier alpha value is -4.65. The van der Waals surface area contributed by atoms with Crippen molar-refractivity contribution in [3.05, 3.63) is 39.8 Å². The smallest absolute Gasteiger partial charge is 0.306 e. The Labute approximate surface area is 395 Å². The number of likely N-dealkylation sites (N-methyl/N-ethyl adjacent to an activating group) is 2. The number of nitrogens with two attached hydrogens (primary N) is 1. The summed E-state index contributed by atoms with van der Waals surface area (Å²) in [6, 6.07) is 2.37. The maximum atomic E-state index is 14.3. The molecule has 7 N–H and O–H groups in total. The second kappa shape index (κ2) is 24.9. The Morgan fingerprint density at radius 3 is 2.32 bits per heavy atom. The van der Waals surface area contributed by atoms with Gasteiger partial charge in [0.15, 0.2) is 6.10 Å². The Kier molecular flexibility index (Phi) is 21.0. The summed E-state index contributed by atoms with van der Waals surface area (Å²) in [5, 5.41) is 31.2. The van der Waals surface area contributed by atoms with Gasteiger partial charge in [-0.3, -0.25) is 33.7 Å². The van der Waals surface area contributed by atoms with Gasteiger partial charge in [-0.05, 0) is 109 Å². The molecule has 2 heterocycles. The number of benzene rings is 1. The summed E-state index contributed by atoms with van der Waals surface area (Å²) < 4.78 is 11.8. The number of rotatable bonds is 25. The number of nitrogens with zero attached hydrogens (tertiary/aromatic N) is 3. The van der Waals surface area contributed by atoms with E-state index in [1.165, 1.54) is 25.3 Å². The van der Waals surface area contributed by atoms with Gasteiger partial charge in [0.25, 0.3) is 5.91 Å². The van der Waals surface area contributed by atoms with Crippen molar-refractivity contribution in [2.45, 2.75) is 156 Å². The number of esters is 1. The number of carbonyl (C=O) groups excluding carboxylic acids is 5. The first-order valence-electron chi connectivity index (χ1n) is 23.2. The van der Waals surface area contributed by atoms with E-state index in [1.807, 2.05) is 53.5 Å². The van der Waals surface area contributed by atoms with Crippen molar-refractivity contribution in [2.24, 2.45) is 28.9 Å². The van der Waals surface area contributed by atoms with Crippen LogP contribution in [0, 0.1) is 23.2 Å². The van der Waals surface area contributed by atoms with Gasteiger partial charge in [-0.25, -0.2) is 4.98 Å². The van der Waals surface area contributed by atoms with E-state index in [-0.39, 0.29) is 72.7 Å². The molecule has 1 saturated heterocycles. The molecule has 18 heteroatoms. The Bertz CT molecular complexity index is 1970. The van der Waals surface area contributed by atoms with Crippen LogP contribution in [0.2, 0.25) is 0 Å². The Balaban J connectivity index is 1.84. The molecule has 17 nitrogen and oxygen atoms in total. The molecule has 370 valence electrons. The summed E-state index contributed by atoms with van der Waals surface area (Å²) in [5.41, 5.74) is 4.96. The van der Waals surface area contributed by atoms with E-state index in [9.17, 15) is 39.0 Å². The molecule has 0 spiro atoms. The molecule has 66 heavy (non-hydrogen) atoms. The van der Waals surface area contributed by atoms with Gasteiger partial charge in [-0.15, -0.1) is 11.3 Å². The first-order chi connectivity index (χ1) is 30.8. The number of ether oxygens (including phenoxy) is 2. The van der Waals surface area contributed by atoms with Crippen molar-refractivity contribution >= 4 is 52.6 Å². The standard InChI is InChI=1S/C48H77N7O10S/c1-13-29(4)40(53-42(59)36-16-14-15-21-54(36)11)44(60)55(12)37(28(2)3)25-39(65-31(6)56)43-51-35(26-66-43)41(58)50-33(22-30(5)45(61)62)23-32-17-18-38(57)34(24-32)52-46(63)47(7,8)27-64-48(9,10)19-20-49/h17-18,24,26,28-30,33,36-37,39-40,57H,13-16,19-23,25,27,49H2,1-12H3,(H,50,58)(H,52,63)(H,53,59)(H,61,62)/t29-,30?,33+,36+,37?,39+,40-/m0/s1. The number of thiazole rings is 1. The van der Waals surface area contributed by atoms with Crippen molar-refractivity contribution in [1.29, 1.82) is 0 Å². The minimum Gasteiger partial charge on any atom is -0.506 e. The number of anilines is 1. The average Bonchev–Trinajstić information content (AvgIpc) is 3.74. The van der Waals surface area contributed by atoms with E-state index in [4.69, 9.17) is 15.2 Å². The van der Waals surface area contributed by atoms with Gasteiger partial charge >= 0.3 is 11.9 Å². The first-order valence-corrected chi connectivity index (χ1v) is 24.1. The normalized spacial score (nSPS) is 17.5. The van der Waals surface area contributed by atoms with Crippen LogP contribution in [0.1, 0.15) is 141 Å². The van der Waals surface area contributed by atoms with E-state index in [0.29, 0.717) is 30.0 Å². The SMILES string of the molecule is CC[C@H](C)[C@H](NC(=O)[C@H]1CCCCN1C)C(=O)N(C)C(C[C@@H](OC(C)=O)c1nc(C(=O)N[C@@H](Cc2ccc(O)c(NC(=O)C(C)(C)COC(C)(C)CCN)c2)CC(C)C(=O)O)cs1)C(C)C. The van der Waals surface area contributed by atoms with Gasteiger partial charge < -0.3 is 46.3 Å². The van der Waals surface area contributed by atoms with Gasteiger partial charge in [0, 0.05) is 37.9 Å². The molecular weight excluding hydrogens is 867 g/mol. The number of piperidine rings is 1. The molecule has 0 saturated carbocycles. The molecule has 4 amide bonds. The topological polar surface area (TPSA) is 243 Å². The lowest BCUT2D eigenvalue weighted by atomic mass is 9.92. The molecule has 1 aliphatic heterocycles. The van der Waals surface area contributed by atoms with Crippen LogP contribution < -0.4 is 21.7 Å². The van der Waals surface area contributed by atoms with Crippen LogP contribution in [0.15, 0.2) is 23.6 Å². The van der Waals surface area contributed by atoms with Crippen LogP contribution in [-0.4, -0.2) is 124 Å². The van der Waals surface area contributed by atoms with E-state index in [2.05, 4.69) is 20.9 Å². The Morgan fingerprint density at radius 2 is 1.73 bits per heavy atom. The number of aromatic hydroxyl groups is 1. The number of nitrogens with one attached hydrogen (secondary N) is 3. The van der Waals surface area contributed by atoms with Gasteiger partial charge in [0.1, 0.15) is 22.5 Å². The maximum absolute atomic E-state index is 14.3. The van der Waals surface area contributed by atoms with Crippen molar-refractivity contribution in [3.8, 4) is 5.75 Å². The van der Waals surface area contributed by atoms with Crippen LogP contribution in [0.5, 0.6) is 5.75 Å². The lowest BCUT2D eigenvalue weighted by Crippen LogP contribution is -2.58. The monoisotopic (exact) mass is 944 g/mol. The lowest BCUT2D eigenvalue weighted by molar-refractivity contribution is -0.149. The van der Waals surface area contributed by atoms with Crippen molar-refractivity contribution < 1.29 is 48.5 Å². The molecule has 2 unspecified atom stereocenters. The summed E-state index contributed by atoms with van der Waals surface area (Å²) in [5.74, 6) is -4.31. The number of aromatic nitrogens is 1. The zero-order valence-corrected chi connectivity index (χ0v) is 42.0. The molecular formula is C48H77N7O10S. The van der Waals surface area contributed by atoms with Crippen LogP contribution in [0.4, 0.5) is 5.69 Å². The van der Waals surface area contributed by atoms with Crippen LogP contribution in [0.3, 0.4) is 0 Å². The second-order valence-corrected chi connectivity index (χ2v) is 20.5. The molecule has 1 aromatic heterocycles. The third-order valence-electron chi connectivity index (χ3n) is 12.6. The number of aliphatic carboxylic acids is 1. The fourth-order valence-electron chi connectivity index (χ4n) is 7.99. The molecule has 7 atom stereocenters. The quantitative estimate of drug-likeness (QED) is 0.0502. The second-order valence-electron chi connectivity index (χ2n) is 19.7. The predicted octanol–water partition coefficient (Wildman–Crippen LogP) is 5.90. The highest BCUT2D eigenvalue weighted by Gasteiger charge is 2.38. The molecule has 1 fully saturated rings. The predicted molar refractivity (Wildman–Crippen MR) is 255 cm³/mol. The number of hydrogen-bond donors (Lipinski definition) is 6. The minimum atomic E-state index is -1.05. The molecule has 1 aromatic carbocycles. The third-order valence-corrected chi connectivity index (χ3v) is 13.6. The largest absolute Gasteiger partial charge is 0.506 e. The van der Waals surface area contributed by atoms with Crippen LogP contribution in [0.25, 0.3) is 0 Å². The highest BCUT2D eigenvalue weighted by atomic mass is 32.1. The van der Waals surface area contributed by atoms with E-state index in [1.54, 1.807) is 37.9 Å². The molecule has 0 radical (unpaired) electrons. The van der Waals surface area contributed by atoms with Gasteiger partial charge in [0.05, 0.1) is 35.3 Å². The number of amides is 4. The summed E-state index contributed by atoms with van der Waals surface area (Å²) in [4.78, 5) is 87.9. The van der Waals surface area contributed by atoms with Gasteiger partial charge in [-0.1, -0.05) is 53.5 Å². The van der Waals surface area contributed by atoms with Crippen LogP contribution in [-0.2, 0) is 39.9 Å². The van der Waals surface area contributed by atoms with Crippen molar-refractivity contribution in [3.63, 3.8) is 0 Å². The van der Waals surface area contributed by atoms with E-state index >= 15 is 0 Å². The van der Waals surface area contributed by atoms with Crippen molar-refractivity contribution in [1.82, 2.24) is 25.4 Å². The number of hydrogen-bond acceptors (Lipinski definition) is 13. The summed E-state index contributed by atoms with van der Waals surface area (Å²) in [7, 11) is 3.62. The van der Waals surface area contributed by atoms with E-state index < -0.39 is 64.9 Å². The van der Waals surface area contributed by atoms with Crippen LogP contribution >= 0.6 is 11.3 Å². The highest BCUT2D eigenvalue weighted by molar-refractivity contribution is 7.09. The number of carboxylic acid groups (broad SMARTS) is 1. The summed E-state index contributed by atoms with van der Waals surface area (Å²) >= 11 is 1.12. The summed E-state index contributed by atoms with van der Waals surface area (Å²) in [6.45, 7) is 19.2. The molecule has 0 bridgehead atoms. The number of phenolic OH excluding ortho intramolecular Hbond substituents is 1. The maximum Gasteiger partial charge on any atom is 0.306 e. The zero-order valence-electron chi connectivity index (χ0n) is 41.2. The van der Waals surface area contributed by atoms with Gasteiger partial charge in [0.2, 0.25) is 17.7 Å². The molecule has 3 rings (SSSR count). The fraction of sp³-hybridized carbons (Fsp3) is 0.688. The number of likely N-dealkylation sites (tertiary alicyclic amines) is 1. The minimum absolute atomic E-state index is 0.0237. The van der Waals surface area contributed by atoms with Gasteiger partial charge in [-0.2, -0.15) is 0 Å². The number of carboxylic acids is 1.